The SMILES string of the molecule is O=C(O)c1scnc1-n1cc2ccccc2n1. The van der Waals surface area contributed by atoms with Crippen LogP contribution in [0.3, 0.4) is 0 Å². The fourth-order valence-corrected chi connectivity index (χ4v) is 2.23. The number of rotatable bonds is 2. The number of benzene rings is 1. The second kappa shape index (κ2) is 3.67. The highest BCUT2D eigenvalue weighted by Gasteiger charge is 2.16. The monoisotopic (exact) mass is 245 g/mol. The van der Waals surface area contributed by atoms with Crippen LogP contribution in [0, 0.1) is 0 Å². The first-order valence-corrected chi connectivity index (χ1v) is 5.75. The zero-order valence-electron chi connectivity index (χ0n) is 8.57. The molecule has 17 heavy (non-hydrogen) atoms. The molecule has 0 unspecified atom stereocenters. The lowest BCUT2D eigenvalue weighted by Crippen LogP contribution is -2.03. The Morgan fingerprint density at radius 2 is 2.18 bits per heavy atom. The Labute approximate surface area is 100.0 Å². The molecule has 0 bridgehead atoms. The summed E-state index contributed by atoms with van der Waals surface area (Å²) in [5.74, 6) is -0.624. The van der Waals surface area contributed by atoms with Gasteiger partial charge in [0.05, 0.1) is 11.0 Å². The summed E-state index contributed by atoms with van der Waals surface area (Å²) in [4.78, 5) is 15.2. The molecule has 0 spiro atoms. The first kappa shape index (κ1) is 9.98. The number of carbonyl (C=O) groups is 1. The molecule has 0 saturated carbocycles. The molecular weight excluding hydrogens is 238 g/mol. The lowest BCUT2D eigenvalue weighted by molar-refractivity contribution is 0.0702. The fraction of sp³-hybridized carbons (Fsp3) is 0. The third-order valence-corrected chi connectivity index (χ3v) is 3.18. The number of carboxylic acids is 1. The number of aromatic carboxylic acids is 1. The Hall–Kier alpha value is -2.21. The molecule has 6 heteroatoms. The number of nitrogens with zero attached hydrogens (tertiary/aromatic N) is 3. The summed E-state index contributed by atoms with van der Waals surface area (Å²) < 4.78 is 1.50. The van der Waals surface area contributed by atoms with Crippen molar-refractivity contribution >= 4 is 28.2 Å². The van der Waals surface area contributed by atoms with Crippen molar-refractivity contribution in [2.24, 2.45) is 0 Å². The van der Waals surface area contributed by atoms with E-state index >= 15 is 0 Å². The van der Waals surface area contributed by atoms with Crippen LogP contribution in [-0.4, -0.2) is 25.8 Å². The average molecular weight is 245 g/mol. The van der Waals surface area contributed by atoms with Gasteiger partial charge in [-0.25, -0.2) is 14.5 Å². The largest absolute Gasteiger partial charge is 0.477 e. The van der Waals surface area contributed by atoms with Crippen molar-refractivity contribution < 1.29 is 9.90 Å². The molecule has 3 rings (SSSR count). The van der Waals surface area contributed by atoms with Crippen molar-refractivity contribution in [2.45, 2.75) is 0 Å². The van der Waals surface area contributed by atoms with Crippen molar-refractivity contribution in [3.8, 4) is 5.82 Å². The molecule has 0 amide bonds. The van der Waals surface area contributed by atoms with Crippen molar-refractivity contribution in [1.29, 1.82) is 0 Å². The first-order chi connectivity index (χ1) is 8.25. The maximum Gasteiger partial charge on any atom is 0.349 e. The molecule has 0 aliphatic heterocycles. The van der Waals surface area contributed by atoms with Crippen LogP contribution in [0.4, 0.5) is 0 Å². The maximum atomic E-state index is 11.0. The Bertz CT molecular complexity index is 668. The van der Waals surface area contributed by atoms with Crippen LogP contribution in [0.15, 0.2) is 36.0 Å². The van der Waals surface area contributed by atoms with E-state index in [4.69, 9.17) is 5.11 Å². The Kier molecular flexibility index (Phi) is 2.15. The van der Waals surface area contributed by atoms with E-state index in [1.165, 1.54) is 10.2 Å². The van der Waals surface area contributed by atoms with Gasteiger partial charge < -0.3 is 5.11 Å². The van der Waals surface area contributed by atoms with E-state index in [0.29, 0.717) is 5.82 Å². The van der Waals surface area contributed by atoms with Gasteiger partial charge in [0.1, 0.15) is 0 Å². The quantitative estimate of drug-likeness (QED) is 0.751. The maximum absolute atomic E-state index is 11.0. The van der Waals surface area contributed by atoms with Gasteiger partial charge in [-0.2, -0.15) is 5.10 Å². The standard InChI is InChI=1S/C11H7N3O2S/c15-11(16)9-10(12-6-17-9)14-5-7-3-1-2-4-8(7)13-14/h1-6H,(H,15,16). The highest BCUT2D eigenvalue weighted by atomic mass is 32.1. The molecule has 0 aliphatic rings. The van der Waals surface area contributed by atoms with Crippen LogP contribution in [0.2, 0.25) is 0 Å². The van der Waals surface area contributed by atoms with E-state index in [2.05, 4.69) is 10.1 Å². The molecule has 0 saturated heterocycles. The van der Waals surface area contributed by atoms with Gasteiger partial charge in [-0.3, -0.25) is 0 Å². The number of thiazole rings is 1. The topological polar surface area (TPSA) is 68.0 Å². The van der Waals surface area contributed by atoms with E-state index in [1.54, 1.807) is 6.20 Å². The molecule has 3 aromatic rings. The number of aromatic nitrogens is 3. The van der Waals surface area contributed by atoms with Crippen molar-refractivity contribution in [2.75, 3.05) is 0 Å². The van der Waals surface area contributed by atoms with E-state index in [-0.39, 0.29) is 4.88 Å². The van der Waals surface area contributed by atoms with Gasteiger partial charge in [0, 0.05) is 11.6 Å². The number of carboxylic acid groups (broad SMARTS) is 1. The highest BCUT2D eigenvalue weighted by Crippen LogP contribution is 2.20. The number of fused-ring (bicyclic) bond motifs is 1. The summed E-state index contributed by atoms with van der Waals surface area (Å²) in [5, 5.41) is 14.3. The van der Waals surface area contributed by atoms with Crippen LogP contribution in [0.25, 0.3) is 16.7 Å². The Morgan fingerprint density at radius 1 is 1.35 bits per heavy atom. The summed E-state index contributed by atoms with van der Waals surface area (Å²) in [7, 11) is 0. The average Bonchev–Trinajstić information content (AvgIpc) is 2.95. The van der Waals surface area contributed by atoms with Gasteiger partial charge >= 0.3 is 5.97 Å². The third-order valence-electron chi connectivity index (χ3n) is 2.37. The second-order valence-electron chi connectivity index (χ2n) is 3.44. The lowest BCUT2D eigenvalue weighted by Gasteiger charge is -1.96. The minimum Gasteiger partial charge on any atom is -0.477 e. The van der Waals surface area contributed by atoms with E-state index < -0.39 is 5.97 Å². The van der Waals surface area contributed by atoms with Crippen molar-refractivity contribution in [3.05, 3.63) is 40.8 Å². The smallest absolute Gasteiger partial charge is 0.349 e. The molecule has 0 radical (unpaired) electrons. The minimum atomic E-state index is -0.984. The van der Waals surface area contributed by atoms with Gasteiger partial charge in [0.2, 0.25) is 0 Å². The van der Waals surface area contributed by atoms with Crippen molar-refractivity contribution in [3.63, 3.8) is 0 Å². The number of hydrogen-bond donors (Lipinski definition) is 1. The summed E-state index contributed by atoms with van der Waals surface area (Å²) in [6.07, 6.45) is 1.77. The van der Waals surface area contributed by atoms with E-state index in [1.807, 2.05) is 24.3 Å². The zero-order valence-corrected chi connectivity index (χ0v) is 9.39. The van der Waals surface area contributed by atoms with Gasteiger partial charge in [-0.15, -0.1) is 11.3 Å². The Balaban J connectivity index is 2.20. The molecule has 0 aliphatic carbocycles. The van der Waals surface area contributed by atoms with E-state index in [0.717, 1.165) is 22.2 Å². The highest BCUT2D eigenvalue weighted by molar-refractivity contribution is 7.12. The summed E-state index contributed by atoms with van der Waals surface area (Å²) in [6.45, 7) is 0. The molecule has 0 atom stereocenters. The third kappa shape index (κ3) is 1.58. The zero-order chi connectivity index (χ0) is 11.8. The second-order valence-corrected chi connectivity index (χ2v) is 4.30. The normalized spacial score (nSPS) is 10.8. The molecule has 2 heterocycles. The molecule has 84 valence electrons. The van der Waals surface area contributed by atoms with Crippen LogP contribution in [0.1, 0.15) is 9.67 Å². The van der Waals surface area contributed by atoms with Gasteiger partial charge in [0.25, 0.3) is 0 Å². The molecule has 1 N–H and O–H groups in total. The van der Waals surface area contributed by atoms with Gasteiger partial charge in [0.15, 0.2) is 10.7 Å². The lowest BCUT2D eigenvalue weighted by atomic mass is 10.3. The van der Waals surface area contributed by atoms with Gasteiger partial charge in [-0.1, -0.05) is 18.2 Å². The number of hydrogen-bond acceptors (Lipinski definition) is 4. The van der Waals surface area contributed by atoms with E-state index in [9.17, 15) is 4.79 Å². The summed E-state index contributed by atoms with van der Waals surface area (Å²) in [5.41, 5.74) is 2.32. The predicted molar refractivity (Wildman–Crippen MR) is 63.7 cm³/mol. The molecule has 1 aromatic carbocycles. The minimum absolute atomic E-state index is 0.192. The van der Waals surface area contributed by atoms with Crippen LogP contribution in [0.5, 0.6) is 0 Å². The molecule has 5 nitrogen and oxygen atoms in total. The first-order valence-electron chi connectivity index (χ1n) is 4.87. The van der Waals surface area contributed by atoms with Crippen LogP contribution in [-0.2, 0) is 0 Å². The molecule has 0 fully saturated rings. The molecular formula is C11H7N3O2S. The Morgan fingerprint density at radius 3 is 2.94 bits per heavy atom. The molecule has 2 aromatic heterocycles. The van der Waals surface area contributed by atoms with Crippen LogP contribution >= 0.6 is 11.3 Å². The van der Waals surface area contributed by atoms with Gasteiger partial charge in [-0.05, 0) is 6.07 Å². The fourth-order valence-electron chi connectivity index (χ4n) is 1.62. The predicted octanol–water partition coefficient (Wildman–Crippen LogP) is 2.18. The van der Waals surface area contributed by atoms with Crippen molar-refractivity contribution in [1.82, 2.24) is 14.8 Å². The van der Waals surface area contributed by atoms with Crippen LogP contribution < -0.4 is 0 Å². The summed E-state index contributed by atoms with van der Waals surface area (Å²) in [6, 6.07) is 7.59. The summed E-state index contributed by atoms with van der Waals surface area (Å²) >= 11 is 1.09.